The van der Waals surface area contributed by atoms with Crippen LogP contribution in [0.5, 0.6) is 0 Å². The van der Waals surface area contributed by atoms with Crippen LogP contribution < -0.4 is 0 Å². The van der Waals surface area contributed by atoms with E-state index in [2.05, 4.69) is 20.8 Å². The number of hydrogen-bond acceptors (Lipinski definition) is 3. The van der Waals surface area contributed by atoms with Gasteiger partial charge in [-0.3, -0.25) is 4.79 Å². The first-order valence-electron chi connectivity index (χ1n) is 8.76. The van der Waals surface area contributed by atoms with Gasteiger partial charge in [0.1, 0.15) is 5.60 Å². The lowest BCUT2D eigenvalue weighted by molar-refractivity contribution is -0.169. The van der Waals surface area contributed by atoms with Gasteiger partial charge < -0.3 is 9.47 Å². The maximum absolute atomic E-state index is 12.5. The van der Waals surface area contributed by atoms with Crippen LogP contribution >= 0.6 is 0 Å². The predicted molar refractivity (Wildman–Crippen MR) is 79.7 cm³/mol. The van der Waals surface area contributed by atoms with Gasteiger partial charge in [0.05, 0.1) is 18.1 Å². The zero-order valence-electron chi connectivity index (χ0n) is 13.6. The highest BCUT2D eigenvalue weighted by atomic mass is 16.6. The number of ether oxygens (including phenoxy) is 2. The highest BCUT2D eigenvalue weighted by Crippen LogP contribution is 2.63. The molecule has 0 N–H and O–H groups in total. The minimum atomic E-state index is -0.303. The molecule has 6 atom stereocenters. The number of carbonyl (C=O) groups is 1. The Kier molecular flexibility index (Phi) is 2.99. The minimum absolute atomic E-state index is 0.0260. The van der Waals surface area contributed by atoms with Gasteiger partial charge in [0, 0.05) is 0 Å². The normalized spacial score (nSPS) is 48.0. The lowest BCUT2D eigenvalue weighted by atomic mass is 9.75. The van der Waals surface area contributed by atoms with E-state index >= 15 is 0 Å². The van der Waals surface area contributed by atoms with Gasteiger partial charge in [0.25, 0.3) is 0 Å². The molecule has 118 valence electrons. The molecule has 0 bridgehead atoms. The average Bonchev–Trinajstić information content (AvgIpc) is 3.30. The Morgan fingerprint density at radius 1 is 1.19 bits per heavy atom. The van der Waals surface area contributed by atoms with Gasteiger partial charge in [-0.1, -0.05) is 6.92 Å². The summed E-state index contributed by atoms with van der Waals surface area (Å²) in [4.78, 5) is 12.5. The fourth-order valence-electron chi connectivity index (χ4n) is 4.82. The van der Waals surface area contributed by atoms with Crippen LogP contribution in [0.3, 0.4) is 0 Å². The number of carbonyl (C=O) groups excluding carboxylic acids is 1. The van der Waals surface area contributed by atoms with Crippen LogP contribution in [0.4, 0.5) is 0 Å². The first-order valence-corrected chi connectivity index (χ1v) is 8.76. The molecular formula is C18H28O3. The summed E-state index contributed by atoms with van der Waals surface area (Å²) in [6, 6.07) is 0. The van der Waals surface area contributed by atoms with Crippen LogP contribution in [-0.4, -0.2) is 23.8 Å². The molecule has 3 heteroatoms. The first-order chi connectivity index (χ1) is 9.87. The van der Waals surface area contributed by atoms with E-state index in [-0.39, 0.29) is 17.5 Å². The molecule has 0 spiro atoms. The van der Waals surface area contributed by atoms with Crippen molar-refractivity contribution in [3.63, 3.8) is 0 Å². The molecule has 0 radical (unpaired) electrons. The molecular weight excluding hydrogens is 264 g/mol. The third-order valence-corrected chi connectivity index (χ3v) is 6.86. The van der Waals surface area contributed by atoms with Crippen molar-refractivity contribution in [2.75, 3.05) is 0 Å². The van der Waals surface area contributed by atoms with Gasteiger partial charge in [-0.2, -0.15) is 0 Å². The monoisotopic (exact) mass is 292 g/mol. The highest BCUT2D eigenvalue weighted by Gasteiger charge is 2.55. The number of fused-ring (bicyclic) bond motifs is 2. The maximum Gasteiger partial charge on any atom is 0.309 e. The largest absolute Gasteiger partial charge is 0.459 e. The van der Waals surface area contributed by atoms with Gasteiger partial charge in [0.15, 0.2) is 0 Å². The summed E-state index contributed by atoms with van der Waals surface area (Å²) in [6.07, 6.45) is 8.82. The van der Waals surface area contributed by atoms with Crippen molar-refractivity contribution in [3.05, 3.63) is 0 Å². The van der Waals surface area contributed by atoms with E-state index in [1.165, 1.54) is 25.7 Å². The minimum Gasteiger partial charge on any atom is -0.459 e. The molecule has 0 aromatic carbocycles. The third-order valence-electron chi connectivity index (χ3n) is 6.86. The summed E-state index contributed by atoms with van der Waals surface area (Å²) in [5.41, 5.74) is 0.320. The van der Waals surface area contributed by atoms with Gasteiger partial charge in [-0.05, 0) is 76.0 Å². The van der Waals surface area contributed by atoms with Crippen molar-refractivity contribution in [1.29, 1.82) is 0 Å². The second-order valence-corrected chi connectivity index (χ2v) is 8.77. The smallest absolute Gasteiger partial charge is 0.309 e. The number of epoxide rings is 1. The molecule has 6 unspecified atom stereocenters. The summed E-state index contributed by atoms with van der Waals surface area (Å²) in [5, 5.41) is 0. The van der Waals surface area contributed by atoms with Gasteiger partial charge in [-0.15, -0.1) is 0 Å². The van der Waals surface area contributed by atoms with E-state index in [9.17, 15) is 4.79 Å². The Bertz CT molecular complexity index is 457. The SMILES string of the molecule is CC12CCC(C(C)(C)OC(=O)C3CCC4OC4C3)CC1C2. The van der Waals surface area contributed by atoms with E-state index in [1.54, 1.807) is 0 Å². The molecule has 1 saturated heterocycles. The summed E-state index contributed by atoms with van der Waals surface area (Å²) >= 11 is 0. The van der Waals surface area contributed by atoms with Crippen LogP contribution in [0.2, 0.25) is 0 Å². The highest BCUT2D eigenvalue weighted by molar-refractivity contribution is 5.73. The Labute approximate surface area is 127 Å². The fourth-order valence-corrected chi connectivity index (χ4v) is 4.82. The predicted octanol–water partition coefficient (Wildman–Crippen LogP) is 3.70. The van der Waals surface area contributed by atoms with Crippen molar-refractivity contribution in [1.82, 2.24) is 0 Å². The first kappa shape index (κ1) is 14.0. The summed E-state index contributed by atoms with van der Waals surface area (Å²) in [5.74, 6) is 1.51. The Morgan fingerprint density at radius 3 is 2.71 bits per heavy atom. The molecule has 1 heterocycles. The molecule has 0 amide bonds. The van der Waals surface area contributed by atoms with E-state index in [0.717, 1.165) is 25.2 Å². The molecule has 1 aliphatic heterocycles. The van der Waals surface area contributed by atoms with E-state index < -0.39 is 0 Å². The standard InChI is InChI=1S/C18H28O3/c1-17(2,12-6-7-18(3)10-13(18)9-12)21-16(19)11-4-5-14-15(8-11)20-14/h11-15H,4-10H2,1-3H3. The zero-order chi connectivity index (χ0) is 14.8. The Balaban J connectivity index is 1.35. The Morgan fingerprint density at radius 2 is 2.00 bits per heavy atom. The maximum atomic E-state index is 12.5. The summed E-state index contributed by atoms with van der Waals surface area (Å²) < 4.78 is 11.5. The molecule has 4 fully saturated rings. The number of hydrogen-bond donors (Lipinski definition) is 0. The van der Waals surface area contributed by atoms with Crippen LogP contribution in [-0.2, 0) is 14.3 Å². The van der Waals surface area contributed by atoms with E-state index in [0.29, 0.717) is 23.5 Å². The molecule has 0 aromatic rings. The second-order valence-electron chi connectivity index (χ2n) is 8.77. The van der Waals surface area contributed by atoms with Crippen molar-refractivity contribution in [3.8, 4) is 0 Å². The Hall–Kier alpha value is -0.570. The zero-order valence-corrected chi connectivity index (χ0v) is 13.6. The van der Waals surface area contributed by atoms with Crippen LogP contribution in [0.25, 0.3) is 0 Å². The topological polar surface area (TPSA) is 38.8 Å². The van der Waals surface area contributed by atoms with Crippen molar-refractivity contribution in [2.24, 2.45) is 23.2 Å². The molecule has 3 saturated carbocycles. The second kappa shape index (κ2) is 4.47. The summed E-state index contributed by atoms with van der Waals surface area (Å²) in [6.45, 7) is 6.67. The van der Waals surface area contributed by atoms with Gasteiger partial charge >= 0.3 is 5.97 Å². The van der Waals surface area contributed by atoms with Crippen LogP contribution in [0.1, 0.15) is 65.7 Å². The van der Waals surface area contributed by atoms with Crippen molar-refractivity contribution in [2.45, 2.75) is 83.5 Å². The van der Waals surface area contributed by atoms with Crippen molar-refractivity contribution < 1.29 is 14.3 Å². The number of esters is 1. The molecule has 4 rings (SSSR count). The van der Waals surface area contributed by atoms with E-state index in [1.807, 2.05) is 0 Å². The molecule has 4 aliphatic rings. The third kappa shape index (κ3) is 2.52. The lowest BCUT2D eigenvalue weighted by Crippen LogP contribution is -2.41. The van der Waals surface area contributed by atoms with Gasteiger partial charge in [-0.25, -0.2) is 0 Å². The lowest BCUT2D eigenvalue weighted by Gasteiger charge is -2.38. The molecule has 3 nitrogen and oxygen atoms in total. The van der Waals surface area contributed by atoms with E-state index in [4.69, 9.17) is 9.47 Å². The molecule has 3 aliphatic carbocycles. The molecule has 21 heavy (non-hydrogen) atoms. The number of rotatable bonds is 3. The van der Waals surface area contributed by atoms with Crippen molar-refractivity contribution >= 4 is 5.97 Å². The summed E-state index contributed by atoms with van der Waals surface area (Å²) in [7, 11) is 0. The van der Waals surface area contributed by atoms with Gasteiger partial charge in [0.2, 0.25) is 0 Å². The molecule has 0 aromatic heterocycles. The quantitative estimate of drug-likeness (QED) is 0.588. The van der Waals surface area contributed by atoms with Crippen LogP contribution in [0, 0.1) is 23.2 Å². The fraction of sp³-hybridized carbons (Fsp3) is 0.944. The average molecular weight is 292 g/mol. The van der Waals surface area contributed by atoms with Crippen LogP contribution in [0.15, 0.2) is 0 Å².